The van der Waals surface area contributed by atoms with Gasteiger partial charge < -0.3 is 29.2 Å². The highest BCUT2D eigenvalue weighted by Gasteiger charge is 2.16. The van der Waals surface area contributed by atoms with Gasteiger partial charge in [0.1, 0.15) is 28.2 Å². The van der Waals surface area contributed by atoms with Crippen molar-refractivity contribution in [2.45, 2.75) is 0 Å². The fourth-order valence-corrected chi connectivity index (χ4v) is 2.28. The molecule has 0 aliphatic carbocycles. The van der Waals surface area contributed by atoms with Crippen molar-refractivity contribution in [3.63, 3.8) is 0 Å². The summed E-state index contributed by atoms with van der Waals surface area (Å²) in [6.45, 7) is 0. The maximum atomic E-state index is 12.4. The summed E-state index contributed by atoms with van der Waals surface area (Å²) in [6, 6.07) is 4.97. The van der Waals surface area contributed by atoms with Crippen molar-refractivity contribution in [2.24, 2.45) is 0 Å². The van der Waals surface area contributed by atoms with Gasteiger partial charge in [0.15, 0.2) is 16.9 Å². The molecule has 0 unspecified atom stereocenters. The molecule has 2 aromatic carbocycles. The van der Waals surface area contributed by atoms with E-state index in [0.717, 1.165) is 30.3 Å². The van der Waals surface area contributed by atoms with Gasteiger partial charge >= 0.3 is 0 Å². The molecular weight excluding hydrogens is 316 g/mol. The van der Waals surface area contributed by atoms with E-state index in [1.165, 1.54) is 0 Å². The van der Waals surface area contributed by atoms with Crippen LogP contribution in [0.15, 0.2) is 39.5 Å². The summed E-state index contributed by atoms with van der Waals surface area (Å²) in [5.41, 5.74) is -0.971. The fourth-order valence-electron chi connectivity index (χ4n) is 2.28. The Bertz CT molecular complexity index is 1140. The molecule has 0 fully saturated rings. The second kappa shape index (κ2) is 5.69. The Morgan fingerprint density at radius 2 is 1.67 bits per heavy atom. The molecule has 7 heteroatoms. The van der Waals surface area contributed by atoms with Crippen molar-refractivity contribution in [1.29, 1.82) is 0 Å². The van der Waals surface area contributed by atoms with E-state index in [1.54, 1.807) is 0 Å². The molecule has 0 saturated carbocycles. The molecule has 0 bridgehead atoms. The molecule has 1 heterocycles. The maximum Gasteiger partial charge on any atom is 0.200 e. The van der Waals surface area contributed by atoms with Crippen LogP contribution >= 0.6 is 0 Å². The fraction of sp³-hybridized carbons (Fsp3) is 0.118. The third kappa shape index (κ3) is 2.45. The lowest BCUT2D eigenvalue weighted by molar-refractivity contribution is 0.340. The number of hydrogen-bond donors (Lipinski definition) is 3. The van der Waals surface area contributed by atoms with Crippen LogP contribution in [-0.4, -0.2) is 29.4 Å². The van der Waals surface area contributed by atoms with Crippen molar-refractivity contribution in [3.8, 4) is 40.1 Å². The molecule has 0 atom stereocenters. The summed E-state index contributed by atoms with van der Waals surface area (Å²) in [7, 11) is -5.98. The molecule has 0 aliphatic heterocycles. The molecule has 0 amide bonds. The van der Waals surface area contributed by atoms with Crippen molar-refractivity contribution >= 4 is 11.0 Å². The lowest BCUT2D eigenvalue weighted by Gasteiger charge is -2.11. The van der Waals surface area contributed by atoms with Crippen molar-refractivity contribution in [1.82, 2.24) is 0 Å². The zero-order chi connectivity index (χ0) is 22.4. The Morgan fingerprint density at radius 1 is 1.00 bits per heavy atom. The predicted octanol–water partition coefficient (Wildman–Crippen LogP) is 2.59. The summed E-state index contributed by atoms with van der Waals surface area (Å²) in [5, 5.41) is 29.4. The molecule has 1 aromatic heterocycles. The lowest BCUT2D eigenvalue weighted by atomic mass is 10.1. The van der Waals surface area contributed by atoms with E-state index in [-0.39, 0.29) is 28.0 Å². The van der Waals surface area contributed by atoms with Crippen molar-refractivity contribution in [2.75, 3.05) is 14.1 Å². The number of hydrogen-bond acceptors (Lipinski definition) is 7. The second-order valence-electron chi connectivity index (χ2n) is 4.84. The highest BCUT2D eigenvalue weighted by Crippen LogP contribution is 2.40. The Morgan fingerprint density at radius 3 is 2.29 bits per heavy atom. The maximum absolute atomic E-state index is 12.4. The van der Waals surface area contributed by atoms with Gasteiger partial charge in [0.05, 0.1) is 22.3 Å². The van der Waals surface area contributed by atoms with Gasteiger partial charge in [-0.2, -0.15) is 0 Å². The molecular formula is C17H14O7. The molecule has 7 nitrogen and oxygen atoms in total. The molecule has 3 N–H and O–H groups in total. The molecule has 0 saturated heterocycles. The van der Waals surface area contributed by atoms with Gasteiger partial charge in [0.25, 0.3) is 0 Å². The first-order valence-electron chi connectivity index (χ1n) is 9.49. The minimum Gasteiger partial charge on any atom is -0.508 e. The molecule has 0 radical (unpaired) electrons. The summed E-state index contributed by atoms with van der Waals surface area (Å²) in [6.07, 6.45) is 0. The topological polar surface area (TPSA) is 109 Å². The van der Waals surface area contributed by atoms with Gasteiger partial charge in [-0.25, -0.2) is 0 Å². The van der Waals surface area contributed by atoms with E-state index >= 15 is 0 Å². The number of phenols is 3. The molecule has 3 rings (SSSR count). The third-order valence-corrected chi connectivity index (χ3v) is 3.34. The number of methoxy groups -OCH3 is 2. The largest absolute Gasteiger partial charge is 0.508 e. The van der Waals surface area contributed by atoms with Crippen LogP contribution < -0.4 is 14.9 Å². The number of phenolic OH excluding ortho intramolecular Hbond substituents is 3. The van der Waals surface area contributed by atoms with E-state index in [2.05, 4.69) is 0 Å². The first-order chi connectivity index (χ1) is 13.7. The van der Waals surface area contributed by atoms with Crippen LogP contribution in [-0.2, 0) is 0 Å². The Hall–Kier alpha value is -3.35. The van der Waals surface area contributed by atoms with Crippen LogP contribution in [0.25, 0.3) is 22.3 Å². The zero-order valence-electron chi connectivity index (χ0n) is 17.9. The summed E-state index contributed by atoms with van der Waals surface area (Å²) in [5.74, 6) is -3.29. The monoisotopic (exact) mass is 336 g/mol. The summed E-state index contributed by atoms with van der Waals surface area (Å²) in [4.78, 5) is 12.4. The van der Waals surface area contributed by atoms with Gasteiger partial charge in [0, 0.05) is 23.8 Å². The SMILES string of the molecule is [2H]C([2H])([2H])Oc1cc(-c2cc(=O)c3c(O)cc(O)cc3o2)cc(OC([2H])([2H])[2H])c1O. The van der Waals surface area contributed by atoms with Crippen LogP contribution in [0.5, 0.6) is 28.7 Å². The van der Waals surface area contributed by atoms with Gasteiger partial charge in [-0.15, -0.1) is 0 Å². The second-order valence-corrected chi connectivity index (χ2v) is 4.84. The van der Waals surface area contributed by atoms with Crippen LogP contribution in [0, 0.1) is 0 Å². The average Bonchev–Trinajstić information content (AvgIpc) is 2.54. The first kappa shape index (κ1) is 9.71. The molecule has 0 spiro atoms. The lowest BCUT2D eigenvalue weighted by Crippen LogP contribution is -2.01. The standard InChI is InChI=1S/C17H14O7/c1-22-14-3-8(4-15(23-2)17(14)21)12-7-11(20)16-10(19)5-9(18)6-13(16)24-12/h3-7,18-19,21H,1-2H3/i1D3,2D3. The number of rotatable bonds is 3. The van der Waals surface area contributed by atoms with E-state index in [9.17, 15) is 20.1 Å². The van der Waals surface area contributed by atoms with E-state index in [1.807, 2.05) is 0 Å². The summed E-state index contributed by atoms with van der Waals surface area (Å²) < 4.78 is 58.1. The van der Waals surface area contributed by atoms with Crippen LogP contribution in [0.1, 0.15) is 8.22 Å². The average molecular weight is 336 g/mol. The van der Waals surface area contributed by atoms with Crippen LogP contribution in [0.3, 0.4) is 0 Å². The smallest absolute Gasteiger partial charge is 0.200 e. The number of fused-ring (bicyclic) bond motifs is 1. The minimum atomic E-state index is -2.99. The van der Waals surface area contributed by atoms with E-state index < -0.39 is 42.5 Å². The Balaban J connectivity index is 2.25. The summed E-state index contributed by atoms with van der Waals surface area (Å²) >= 11 is 0. The Kier molecular flexibility index (Phi) is 2.30. The van der Waals surface area contributed by atoms with Crippen LogP contribution in [0.4, 0.5) is 0 Å². The molecule has 3 aromatic rings. The molecule has 124 valence electrons. The molecule has 24 heavy (non-hydrogen) atoms. The third-order valence-electron chi connectivity index (χ3n) is 3.34. The van der Waals surface area contributed by atoms with Gasteiger partial charge in [-0.05, 0) is 12.1 Å². The van der Waals surface area contributed by atoms with Crippen molar-refractivity contribution < 1.29 is 37.4 Å². The van der Waals surface area contributed by atoms with Gasteiger partial charge in [-0.3, -0.25) is 4.79 Å². The predicted molar refractivity (Wildman–Crippen MR) is 86.0 cm³/mol. The van der Waals surface area contributed by atoms with Gasteiger partial charge in [0.2, 0.25) is 5.75 Å². The van der Waals surface area contributed by atoms with Crippen molar-refractivity contribution in [3.05, 3.63) is 40.6 Å². The number of benzene rings is 2. The number of ether oxygens (including phenoxy) is 2. The van der Waals surface area contributed by atoms with E-state index in [0.29, 0.717) is 0 Å². The quantitative estimate of drug-likeness (QED) is 0.674. The number of aromatic hydroxyl groups is 3. The highest BCUT2D eigenvalue weighted by molar-refractivity contribution is 5.86. The Labute approximate surface area is 144 Å². The van der Waals surface area contributed by atoms with Gasteiger partial charge in [-0.1, -0.05) is 0 Å². The van der Waals surface area contributed by atoms with E-state index in [4.69, 9.17) is 22.1 Å². The van der Waals surface area contributed by atoms with Crippen LogP contribution in [0.2, 0.25) is 0 Å². The minimum absolute atomic E-state index is 0.0758. The normalized spacial score (nSPS) is 15.5. The first-order valence-corrected chi connectivity index (χ1v) is 6.49. The zero-order valence-corrected chi connectivity index (χ0v) is 11.9. The highest BCUT2D eigenvalue weighted by atomic mass is 16.5. The molecule has 0 aliphatic rings.